The van der Waals surface area contributed by atoms with E-state index in [1.165, 1.54) is 5.56 Å². The molecule has 0 aliphatic rings. The van der Waals surface area contributed by atoms with Gasteiger partial charge in [-0.25, -0.2) is 9.78 Å². The maximum Gasteiger partial charge on any atom is 0.323 e. The van der Waals surface area contributed by atoms with E-state index in [0.29, 0.717) is 17.2 Å². The van der Waals surface area contributed by atoms with Crippen LogP contribution in [-0.2, 0) is 0 Å². The molecule has 2 aromatic carbocycles. The molecular formula is C21H20N6O. The molecule has 2 aromatic heterocycles. The van der Waals surface area contributed by atoms with E-state index in [-0.39, 0.29) is 6.03 Å². The maximum absolute atomic E-state index is 12.3. The zero-order valence-corrected chi connectivity index (χ0v) is 15.6. The van der Waals surface area contributed by atoms with Crippen LogP contribution in [0.15, 0.2) is 54.7 Å². The summed E-state index contributed by atoms with van der Waals surface area (Å²) in [7, 11) is 0. The van der Waals surface area contributed by atoms with Gasteiger partial charge in [-0.3, -0.25) is 5.10 Å². The highest BCUT2D eigenvalue weighted by Crippen LogP contribution is 2.30. The molecule has 0 aliphatic heterocycles. The van der Waals surface area contributed by atoms with Gasteiger partial charge >= 0.3 is 6.03 Å². The van der Waals surface area contributed by atoms with Crippen LogP contribution in [0.5, 0.6) is 0 Å². The van der Waals surface area contributed by atoms with Crippen molar-refractivity contribution in [3.63, 3.8) is 0 Å². The second kappa shape index (κ2) is 7.03. The number of anilines is 3. The fourth-order valence-electron chi connectivity index (χ4n) is 3.06. The number of nitrogens with two attached hydrogens (primary N) is 1. The van der Waals surface area contributed by atoms with Gasteiger partial charge < -0.3 is 16.4 Å². The van der Waals surface area contributed by atoms with E-state index in [9.17, 15) is 4.79 Å². The number of fused-ring (bicyclic) bond motifs is 1. The highest BCUT2D eigenvalue weighted by Gasteiger charge is 2.11. The summed E-state index contributed by atoms with van der Waals surface area (Å²) < 4.78 is 0. The number of carbonyl (C=O) groups is 1. The van der Waals surface area contributed by atoms with Crippen LogP contribution in [0.4, 0.5) is 22.0 Å². The summed E-state index contributed by atoms with van der Waals surface area (Å²) in [5.41, 5.74) is 12.3. The lowest BCUT2D eigenvalue weighted by atomic mass is 10.0. The summed E-state index contributed by atoms with van der Waals surface area (Å²) in [6.45, 7) is 4.05. The molecule has 7 heteroatoms. The van der Waals surface area contributed by atoms with E-state index >= 15 is 0 Å². The maximum atomic E-state index is 12.3. The molecule has 0 unspecified atom stereocenters. The Kier molecular flexibility index (Phi) is 4.41. The van der Waals surface area contributed by atoms with Crippen molar-refractivity contribution >= 4 is 34.3 Å². The lowest BCUT2D eigenvalue weighted by Crippen LogP contribution is -2.19. The molecule has 0 saturated heterocycles. The van der Waals surface area contributed by atoms with E-state index in [1.807, 2.05) is 62.4 Å². The first-order valence-corrected chi connectivity index (χ1v) is 8.85. The van der Waals surface area contributed by atoms with Gasteiger partial charge in [-0.2, -0.15) is 5.10 Å². The lowest BCUT2D eigenvalue weighted by Gasteiger charge is -2.10. The fourth-order valence-corrected chi connectivity index (χ4v) is 3.06. The number of nitrogen functional groups attached to an aromatic ring is 1. The summed E-state index contributed by atoms with van der Waals surface area (Å²) in [6, 6.07) is 15.0. The molecule has 7 nitrogen and oxygen atoms in total. The van der Waals surface area contributed by atoms with Gasteiger partial charge in [0.25, 0.3) is 0 Å². The van der Waals surface area contributed by atoms with Gasteiger partial charge in [0.2, 0.25) is 0 Å². The number of H-pyrrole nitrogens is 1. The summed E-state index contributed by atoms with van der Waals surface area (Å²) >= 11 is 0. The van der Waals surface area contributed by atoms with Crippen LogP contribution in [0.25, 0.3) is 22.2 Å². The number of amides is 2. The highest BCUT2D eigenvalue weighted by atomic mass is 16.2. The molecule has 0 fully saturated rings. The molecule has 4 aromatic rings. The Morgan fingerprint density at radius 1 is 0.964 bits per heavy atom. The Morgan fingerprint density at radius 3 is 2.43 bits per heavy atom. The van der Waals surface area contributed by atoms with Gasteiger partial charge in [0, 0.05) is 17.6 Å². The molecule has 2 amide bonds. The minimum atomic E-state index is -0.290. The minimum Gasteiger partial charge on any atom is -0.382 e. The number of urea groups is 1. The largest absolute Gasteiger partial charge is 0.382 e. The molecule has 0 spiro atoms. The normalized spacial score (nSPS) is 10.8. The van der Waals surface area contributed by atoms with Gasteiger partial charge in [-0.1, -0.05) is 18.2 Å². The molecule has 0 atom stereocenters. The molecule has 0 saturated carbocycles. The lowest BCUT2D eigenvalue weighted by molar-refractivity contribution is 0.262. The number of benzene rings is 2. The number of aromatic nitrogens is 3. The molecule has 0 radical (unpaired) electrons. The zero-order valence-electron chi connectivity index (χ0n) is 15.6. The van der Waals surface area contributed by atoms with Crippen molar-refractivity contribution in [3.05, 3.63) is 65.9 Å². The molecule has 2 heterocycles. The third kappa shape index (κ3) is 3.37. The molecule has 140 valence electrons. The second-order valence-electron chi connectivity index (χ2n) is 6.65. The summed E-state index contributed by atoms with van der Waals surface area (Å²) in [5, 5.41) is 13.3. The van der Waals surface area contributed by atoms with Crippen LogP contribution in [0.2, 0.25) is 0 Å². The Labute approximate surface area is 162 Å². The number of aryl methyl sites for hydroxylation is 2. The van der Waals surface area contributed by atoms with Gasteiger partial charge in [0.1, 0.15) is 0 Å². The number of pyridine rings is 1. The molecule has 0 aliphatic carbocycles. The van der Waals surface area contributed by atoms with Crippen molar-refractivity contribution in [1.82, 2.24) is 15.2 Å². The van der Waals surface area contributed by atoms with Crippen LogP contribution >= 0.6 is 0 Å². The third-order valence-corrected chi connectivity index (χ3v) is 4.71. The average molecular weight is 372 g/mol. The third-order valence-electron chi connectivity index (χ3n) is 4.71. The Morgan fingerprint density at radius 2 is 1.68 bits per heavy atom. The van der Waals surface area contributed by atoms with Crippen molar-refractivity contribution in [3.8, 4) is 11.1 Å². The molecular weight excluding hydrogens is 352 g/mol. The molecule has 0 bridgehead atoms. The number of hydrogen-bond donors (Lipinski definition) is 4. The molecule has 4 rings (SSSR count). The number of carbonyl (C=O) groups excluding carboxylic acids is 1. The number of rotatable bonds is 3. The monoisotopic (exact) mass is 372 g/mol. The summed E-state index contributed by atoms with van der Waals surface area (Å²) in [4.78, 5) is 16.5. The van der Waals surface area contributed by atoms with Gasteiger partial charge in [0.05, 0.1) is 5.39 Å². The highest BCUT2D eigenvalue weighted by molar-refractivity contribution is 6.01. The molecule has 5 N–H and O–H groups in total. The van der Waals surface area contributed by atoms with Crippen molar-refractivity contribution in [1.29, 1.82) is 0 Å². The van der Waals surface area contributed by atoms with Gasteiger partial charge in [-0.15, -0.1) is 0 Å². The van der Waals surface area contributed by atoms with Crippen LogP contribution in [-0.4, -0.2) is 21.2 Å². The standard InChI is InChI=1S/C21H20N6O/c1-12-3-6-16(11-13(12)2)25-21(28)24-15-7-4-14(5-8-15)17-9-10-23-20-18(17)19(22)26-27-20/h3-11H,1-2H3,(H2,24,25,28)(H3,22,23,26,27). The first-order valence-electron chi connectivity index (χ1n) is 8.85. The number of aromatic amines is 1. The minimum absolute atomic E-state index is 0.290. The Hall–Kier alpha value is -3.87. The van der Waals surface area contributed by atoms with Crippen LogP contribution < -0.4 is 16.4 Å². The van der Waals surface area contributed by atoms with Crippen molar-refractivity contribution in [2.45, 2.75) is 13.8 Å². The van der Waals surface area contributed by atoms with Crippen molar-refractivity contribution in [2.24, 2.45) is 0 Å². The first kappa shape index (κ1) is 17.5. The van der Waals surface area contributed by atoms with E-state index in [4.69, 9.17) is 5.73 Å². The van der Waals surface area contributed by atoms with Gasteiger partial charge in [-0.05, 0) is 66.4 Å². The summed E-state index contributed by atoms with van der Waals surface area (Å²) in [6.07, 6.45) is 1.71. The number of hydrogen-bond acceptors (Lipinski definition) is 4. The topological polar surface area (TPSA) is 109 Å². The Bertz CT molecular complexity index is 1160. The average Bonchev–Trinajstić information content (AvgIpc) is 3.07. The molecule has 28 heavy (non-hydrogen) atoms. The van der Waals surface area contributed by atoms with Crippen LogP contribution in [0.1, 0.15) is 11.1 Å². The van der Waals surface area contributed by atoms with Crippen LogP contribution in [0, 0.1) is 13.8 Å². The smallest absolute Gasteiger partial charge is 0.323 e. The first-order chi connectivity index (χ1) is 13.5. The Balaban J connectivity index is 1.51. The van der Waals surface area contributed by atoms with E-state index in [2.05, 4.69) is 25.8 Å². The van der Waals surface area contributed by atoms with Gasteiger partial charge in [0.15, 0.2) is 11.5 Å². The zero-order chi connectivity index (χ0) is 19.7. The van der Waals surface area contributed by atoms with E-state index < -0.39 is 0 Å². The van der Waals surface area contributed by atoms with E-state index in [0.717, 1.165) is 27.8 Å². The predicted octanol–water partition coefficient (Wildman–Crippen LogP) is 4.47. The van der Waals surface area contributed by atoms with Crippen molar-refractivity contribution < 1.29 is 4.79 Å². The second-order valence-corrected chi connectivity index (χ2v) is 6.65. The van der Waals surface area contributed by atoms with E-state index in [1.54, 1.807) is 6.20 Å². The predicted molar refractivity (Wildman–Crippen MR) is 112 cm³/mol. The van der Waals surface area contributed by atoms with Crippen LogP contribution in [0.3, 0.4) is 0 Å². The van der Waals surface area contributed by atoms with Crippen molar-refractivity contribution in [2.75, 3.05) is 16.4 Å². The fraction of sp³-hybridized carbons (Fsp3) is 0.0952. The SMILES string of the molecule is Cc1ccc(NC(=O)Nc2ccc(-c3ccnc4[nH]nc(N)c34)cc2)cc1C. The number of nitrogens with zero attached hydrogens (tertiary/aromatic N) is 2. The quantitative estimate of drug-likeness (QED) is 0.425. The number of nitrogens with one attached hydrogen (secondary N) is 3. The summed E-state index contributed by atoms with van der Waals surface area (Å²) in [5.74, 6) is 0.410.